The summed E-state index contributed by atoms with van der Waals surface area (Å²) in [4.78, 5) is 8.02. The first-order valence-corrected chi connectivity index (χ1v) is 6.39. The van der Waals surface area contributed by atoms with Crippen molar-refractivity contribution in [3.8, 4) is 0 Å². The maximum absolute atomic E-state index is 5.89. The van der Waals surface area contributed by atoms with Gasteiger partial charge in [0.2, 0.25) is 0 Å². The molecule has 0 spiro atoms. The van der Waals surface area contributed by atoms with Crippen molar-refractivity contribution in [3.05, 3.63) is 16.0 Å². The van der Waals surface area contributed by atoms with E-state index in [1.807, 2.05) is 0 Å². The summed E-state index contributed by atoms with van der Waals surface area (Å²) in [5.74, 6) is 0.711. The second-order valence-corrected chi connectivity index (χ2v) is 4.96. The average Bonchev–Trinajstić information content (AvgIpc) is 2.78. The highest BCUT2D eigenvalue weighted by Gasteiger charge is 2.23. The van der Waals surface area contributed by atoms with Gasteiger partial charge in [-0.1, -0.05) is 11.6 Å². The van der Waals surface area contributed by atoms with Crippen molar-refractivity contribution in [2.24, 2.45) is 0 Å². The van der Waals surface area contributed by atoms with Crippen LogP contribution >= 0.6 is 27.5 Å². The number of halogens is 2. The van der Waals surface area contributed by atoms with E-state index in [1.165, 1.54) is 6.33 Å². The molecule has 0 aromatic carbocycles. The number of aromatic nitrogens is 2. The maximum Gasteiger partial charge on any atom is 0.148 e. The summed E-state index contributed by atoms with van der Waals surface area (Å²) in [6.07, 6.45) is 3.91. The van der Waals surface area contributed by atoms with E-state index < -0.39 is 0 Å². The van der Waals surface area contributed by atoms with Crippen molar-refractivity contribution >= 4 is 33.3 Å². The van der Waals surface area contributed by atoms with Gasteiger partial charge in [-0.15, -0.1) is 0 Å². The Hall–Kier alpha value is -0.390. The van der Waals surface area contributed by atoms with Crippen LogP contribution in [0.5, 0.6) is 0 Å². The van der Waals surface area contributed by atoms with E-state index in [9.17, 15) is 0 Å². The fourth-order valence-electron chi connectivity index (χ4n) is 1.75. The van der Waals surface area contributed by atoms with Gasteiger partial charge in [-0.05, 0) is 35.7 Å². The minimum absolute atomic E-state index is 0.213. The molecule has 1 N–H and O–H groups in total. The van der Waals surface area contributed by atoms with E-state index in [2.05, 4.69) is 38.1 Å². The van der Waals surface area contributed by atoms with E-state index in [1.54, 1.807) is 0 Å². The second-order valence-electron chi connectivity index (χ2n) is 3.81. The standard InChI is InChI=1S/C10H13BrClN3O/c1-6(7-3-2-4-16-7)15-10-8(11)9(12)13-5-14-10/h5-7H,2-4H2,1H3,(H,13,14,15). The van der Waals surface area contributed by atoms with Gasteiger partial charge in [0.15, 0.2) is 0 Å². The van der Waals surface area contributed by atoms with Crippen LogP contribution in [-0.4, -0.2) is 28.7 Å². The Morgan fingerprint density at radius 1 is 1.62 bits per heavy atom. The molecule has 2 heterocycles. The predicted molar refractivity (Wildman–Crippen MR) is 66.8 cm³/mol. The van der Waals surface area contributed by atoms with Crippen LogP contribution in [0.25, 0.3) is 0 Å². The molecule has 2 atom stereocenters. The third-order valence-electron chi connectivity index (χ3n) is 2.63. The molecule has 0 amide bonds. The van der Waals surface area contributed by atoms with Crippen LogP contribution < -0.4 is 5.32 Å². The zero-order valence-corrected chi connectivity index (χ0v) is 11.3. The molecule has 88 valence electrons. The lowest BCUT2D eigenvalue weighted by molar-refractivity contribution is 0.0995. The Bertz CT molecular complexity index is 371. The van der Waals surface area contributed by atoms with Crippen molar-refractivity contribution in [3.63, 3.8) is 0 Å². The maximum atomic E-state index is 5.89. The van der Waals surface area contributed by atoms with Crippen molar-refractivity contribution in [2.75, 3.05) is 11.9 Å². The Morgan fingerprint density at radius 2 is 2.44 bits per heavy atom. The van der Waals surface area contributed by atoms with Gasteiger partial charge in [0.25, 0.3) is 0 Å². The molecule has 1 saturated heterocycles. The number of nitrogens with one attached hydrogen (secondary N) is 1. The van der Waals surface area contributed by atoms with Crippen LogP contribution in [0.2, 0.25) is 5.15 Å². The molecule has 1 aromatic heterocycles. The highest BCUT2D eigenvalue weighted by atomic mass is 79.9. The lowest BCUT2D eigenvalue weighted by Crippen LogP contribution is -2.30. The van der Waals surface area contributed by atoms with E-state index in [0.717, 1.165) is 19.4 Å². The minimum atomic E-state index is 0.213. The van der Waals surface area contributed by atoms with Crippen molar-refractivity contribution in [1.82, 2.24) is 9.97 Å². The zero-order chi connectivity index (χ0) is 11.5. The van der Waals surface area contributed by atoms with Gasteiger partial charge < -0.3 is 10.1 Å². The fourth-order valence-corrected chi connectivity index (χ4v) is 2.21. The lowest BCUT2D eigenvalue weighted by Gasteiger charge is -2.21. The highest BCUT2D eigenvalue weighted by Crippen LogP contribution is 2.27. The average molecular weight is 307 g/mol. The van der Waals surface area contributed by atoms with E-state index in [0.29, 0.717) is 15.4 Å². The Balaban J connectivity index is 2.05. The van der Waals surface area contributed by atoms with E-state index in [-0.39, 0.29) is 12.1 Å². The lowest BCUT2D eigenvalue weighted by atomic mass is 10.1. The summed E-state index contributed by atoms with van der Waals surface area (Å²) in [5, 5.41) is 3.70. The van der Waals surface area contributed by atoms with Crippen molar-refractivity contribution in [2.45, 2.75) is 31.9 Å². The Morgan fingerprint density at radius 3 is 3.12 bits per heavy atom. The number of hydrogen-bond donors (Lipinski definition) is 1. The van der Waals surface area contributed by atoms with Crippen molar-refractivity contribution in [1.29, 1.82) is 0 Å². The largest absolute Gasteiger partial charge is 0.376 e. The molecule has 2 rings (SSSR count). The quantitative estimate of drug-likeness (QED) is 0.872. The van der Waals surface area contributed by atoms with Crippen LogP contribution in [0.1, 0.15) is 19.8 Å². The molecule has 2 unspecified atom stereocenters. The third kappa shape index (κ3) is 2.64. The van der Waals surface area contributed by atoms with Gasteiger partial charge in [-0.2, -0.15) is 0 Å². The van der Waals surface area contributed by atoms with E-state index in [4.69, 9.17) is 16.3 Å². The molecular formula is C10H13BrClN3O. The summed E-state index contributed by atoms with van der Waals surface area (Å²) in [6.45, 7) is 2.93. The molecule has 16 heavy (non-hydrogen) atoms. The minimum Gasteiger partial charge on any atom is -0.376 e. The molecule has 0 aliphatic carbocycles. The smallest absolute Gasteiger partial charge is 0.148 e. The third-order valence-corrected chi connectivity index (χ3v) is 3.90. The number of nitrogens with zero attached hydrogens (tertiary/aromatic N) is 2. The summed E-state index contributed by atoms with van der Waals surface area (Å²) >= 11 is 9.24. The predicted octanol–water partition coefficient (Wildman–Crippen LogP) is 2.87. The first-order valence-electron chi connectivity index (χ1n) is 5.22. The first kappa shape index (κ1) is 12.1. The molecule has 1 fully saturated rings. The fraction of sp³-hybridized carbons (Fsp3) is 0.600. The van der Waals surface area contributed by atoms with Gasteiger partial charge in [-0.3, -0.25) is 0 Å². The topological polar surface area (TPSA) is 47.0 Å². The molecule has 6 heteroatoms. The SMILES string of the molecule is CC(Nc1ncnc(Cl)c1Br)C1CCCO1. The van der Waals surface area contributed by atoms with Crippen LogP contribution in [0.15, 0.2) is 10.8 Å². The Kier molecular flexibility index (Phi) is 4.00. The summed E-state index contributed by atoms with van der Waals surface area (Å²) in [7, 11) is 0. The summed E-state index contributed by atoms with van der Waals surface area (Å²) in [6, 6.07) is 0.213. The van der Waals surface area contributed by atoms with Crippen molar-refractivity contribution < 1.29 is 4.74 Å². The molecule has 1 aliphatic rings. The van der Waals surface area contributed by atoms with Gasteiger partial charge in [0, 0.05) is 6.61 Å². The molecule has 1 aromatic rings. The molecular weight excluding hydrogens is 293 g/mol. The van der Waals surface area contributed by atoms with Crippen LogP contribution in [0.4, 0.5) is 5.82 Å². The van der Waals surface area contributed by atoms with Gasteiger partial charge >= 0.3 is 0 Å². The number of anilines is 1. The molecule has 4 nitrogen and oxygen atoms in total. The van der Waals surface area contributed by atoms with Gasteiger partial charge in [0.1, 0.15) is 17.3 Å². The van der Waals surface area contributed by atoms with Crippen LogP contribution in [0, 0.1) is 0 Å². The molecule has 0 bridgehead atoms. The molecule has 0 radical (unpaired) electrons. The number of rotatable bonds is 3. The number of ether oxygens (including phenoxy) is 1. The normalized spacial score (nSPS) is 22.1. The van der Waals surface area contributed by atoms with Crippen LogP contribution in [0.3, 0.4) is 0 Å². The molecule has 0 saturated carbocycles. The van der Waals surface area contributed by atoms with Gasteiger partial charge in [-0.25, -0.2) is 9.97 Å². The number of hydrogen-bond acceptors (Lipinski definition) is 4. The second kappa shape index (κ2) is 5.29. The monoisotopic (exact) mass is 305 g/mol. The van der Waals surface area contributed by atoms with Crippen LogP contribution in [-0.2, 0) is 4.74 Å². The molecule has 1 aliphatic heterocycles. The zero-order valence-electron chi connectivity index (χ0n) is 8.91. The first-order chi connectivity index (χ1) is 7.68. The summed E-state index contributed by atoms with van der Waals surface area (Å²) < 4.78 is 6.30. The van der Waals surface area contributed by atoms with Gasteiger partial charge in [0.05, 0.1) is 16.6 Å². The highest BCUT2D eigenvalue weighted by molar-refractivity contribution is 9.10. The Labute approximate surface area is 108 Å². The van der Waals surface area contributed by atoms with E-state index >= 15 is 0 Å². The summed E-state index contributed by atoms with van der Waals surface area (Å²) in [5.41, 5.74) is 0.